The van der Waals surface area contributed by atoms with E-state index in [1.165, 1.54) is 0 Å². The first kappa shape index (κ1) is 11.4. The van der Waals surface area contributed by atoms with Crippen LogP contribution in [0.1, 0.15) is 18.2 Å². The molecule has 0 spiro atoms. The number of pyridine rings is 1. The second-order valence-corrected chi connectivity index (χ2v) is 3.84. The first-order valence-corrected chi connectivity index (χ1v) is 5.73. The van der Waals surface area contributed by atoms with Gasteiger partial charge in [-0.2, -0.15) is 0 Å². The molecule has 0 aliphatic carbocycles. The molecule has 0 amide bonds. The number of aromatic nitrogens is 1. The number of rotatable bonds is 5. The number of para-hydroxylation sites is 1. The maximum atomic E-state index is 4.38. The third-order valence-electron chi connectivity index (χ3n) is 2.56. The van der Waals surface area contributed by atoms with Gasteiger partial charge in [-0.1, -0.05) is 30.3 Å². The molecule has 1 heterocycles. The second-order valence-electron chi connectivity index (χ2n) is 3.84. The first-order valence-electron chi connectivity index (χ1n) is 5.73. The monoisotopic (exact) mass is 224 g/mol. The molecule has 2 heteroatoms. The summed E-state index contributed by atoms with van der Waals surface area (Å²) in [6.07, 6.45) is 4.58. The van der Waals surface area contributed by atoms with Crippen molar-refractivity contribution >= 4 is 5.69 Å². The lowest BCUT2D eigenvalue weighted by Crippen LogP contribution is -2.11. The molecule has 1 aromatic heterocycles. The molecule has 1 atom stereocenters. The summed E-state index contributed by atoms with van der Waals surface area (Å²) in [5.41, 5.74) is 2.14. The van der Waals surface area contributed by atoms with Crippen LogP contribution in [0.25, 0.3) is 0 Å². The Bertz CT molecular complexity index is 451. The normalized spacial score (nSPS) is 11.8. The van der Waals surface area contributed by atoms with Crippen LogP contribution in [-0.2, 0) is 0 Å². The minimum Gasteiger partial charge on any atom is -0.376 e. The largest absolute Gasteiger partial charge is 0.376 e. The zero-order valence-corrected chi connectivity index (χ0v) is 9.71. The topological polar surface area (TPSA) is 24.9 Å². The number of hydrogen-bond donors (Lipinski definition) is 1. The molecule has 17 heavy (non-hydrogen) atoms. The molecule has 0 saturated heterocycles. The van der Waals surface area contributed by atoms with Crippen molar-refractivity contribution in [2.75, 3.05) is 5.32 Å². The Morgan fingerprint density at radius 2 is 1.88 bits per heavy atom. The Kier molecular flexibility index (Phi) is 3.92. The van der Waals surface area contributed by atoms with Crippen LogP contribution in [0.5, 0.6) is 0 Å². The van der Waals surface area contributed by atoms with Crippen molar-refractivity contribution in [3.05, 3.63) is 73.1 Å². The van der Waals surface area contributed by atoms with Crippen LogP contribution >= 0.6 is 0 Å². The average Bonchev–Trinajstić information content (AvgIpc) is 2.40. The maximum Gasteiger partial charge on any atom is 0.0719 e. The van der Waals surface area contributed by atoms with Gasteiger partial charge in [0.05, 0.1) is 11.7 Å². The highest BCUT2D eigenvalue weighted by Crippen LogP contribution is 2.20. The van der Waals surface area contributed by atoms with Gasteiger partial charge in [-0.25, -0.2) is 0 Å². The van der Waals surface area contributed by atoms with Crippen molar-refractivity contribution in [2.45, 2.75) is 12.5 Å². The number of hydrogen-bond acceptors (Lipinski definition) is 2. The minimum absolute atomic E-state index is 0.177. The van der Waals surface area contributed by atoms with Crippen molar-refractivity contribution < 1.29 is 0 Å². The van der Waals surface area contributed by atoms with Gasteiger partial charge in [-0.3, -0.25) is 4.98 Å². The van der Waals surface area contributed by atoms with E-state index in [9.17, 15) is 0 Å². The fourth-order valence-electron chi connectivity index (χ4n) is 1.74. The van der Waals surface area contributed by atoms with Crippen LogP contribution in [0, 0.1) is 0 Å². The van der Waals surface area contributed by atoms with Gasteiger partial charge in [-0.05, 0) is 30.7 Å². The molecule has 0 radical (unpaired) electrons. The zero-order chi connectivity index (χ0) is 11.9. The summed E-state index contributed by atoms with van der Waals surface area (Å²) in [6, 6.07) is 16.3. The fraction of sp³-hybridized carbons (Fsp3) is 0.133. The Hall–Kier alpha value is -2.09. The highest BCUT2D eigenvalue weighted by molar-refractivity contribution is 5.44. The molecular weight excluding hydrogens is 208 g/mol. The lowest BCUT2D eigenvalue weighted by molar-refractivity contribution is 0.766. The quantitative estimate of drug-likeness (QED) is 0.781. The van der Waals surface area contributed by atoms with Crippen LogP contribution in [0.4, 0.5) is 5.69 Å². The molecule has 1 N–H and O–H groups in total. The van der Waals surface area contributed by atoms with E-state index in [-0.39, 0.29) is 6.04 Å². The molecule has 0 saturated carbocycles. The van der Waals surface area contributed by atoms with E-state index >= 15 is 0 Å². The molecule has 0 fully saturated rings. The predicted molar refractivity (Wildman–Crippen MR) is 71.9 cm³/mol. The maximum absolute atomic E-state index is 4.38. The number of nitrogens with zero attached hydrogens (tertiary/aromatic N) is 1. The van der Waals surface area contributed by atoms with Gasteiger partial charge in [0.2, 0.25) is 0 Å². The van der Waals surface area contributed by atoms with E-state index in [0.717, 1.165) is 17.8 Å². The summed E-state index contributed by atoms with van der Waals surface area (Å²) in [5.74, 6) is 0. The van der Waals surface area contributed by atoms with E-state index in [0.29, 0.717) is 0 Å². The van der Waals surface area contributed by atoms with Gasteiger partial charge in [0, 0.05) is 11.9 Å². The van der Waals surface area contributed by atoms with Crippen LogP contribution in [0.15, 0.2) is 67.4 Å². The molecule has 2 rings (SSSR count). The van der Waals surface area contributed by atoms with E-state index in [1.54, 1.807) is 0 Å². The summed E-state index contributed by atoms with van der Waals surface area (Å²) >= 11 is 0. The van der Waals surface area contributed by atoms with Crippen molar-refractivity contribution in [2.24, 2.45) is 0 Å². The van der Waals surface area contributed by atoms with Crippen molar-refractivity contribution in [3.8, 4) is 0 Å². The average molecular weight is 224 g/mol. The summed E-state index contributed by atoms with van der Waals surface area (Å²) in [4.78, 5) is 4.38. The Morgan fingerprint density at radius 3 is 2.53 bits per heavy atom. The molecule has 1 aromatic carbocycles. The van der Waals surface area contributed by atoms with Crippen LogP contribution in [0.3, 0.4) is 0 Å². The second kappa shape index (κ2) is 5.85. The van der Waals surface area contributed by atoms with Crippen molar-refractivity contribution in [3.63, 3.8) is 0 Å². The summed E-state index contributed by atoms with van der Waals surface area (Å²) in [7, 11) is 0. The van der Waals surface area contributed by atoms with Gasteiger partial charge in [0.1, 0.15) is 0 Å². The molecule has 0 bridgehead atoms. The molecular formula is C15H16N2. The molecule has 0 aliphatic heterocycles. The molecule has 2 nitrogen and oxygen atoms in total. The molecule has 86 valence electrons. The minimum atomic E-state index is 0.177. The van der Waals surface area contributed by atoms with Crippen LogP contribution in [-0.4, -0.2) is 4.98 Å². The summed E-state index contributed by atoms with van der Waals surface area (Å²) in [6.45, 7) is 3.80. The van der Waals surface area contributed by atoms with Crippen molar-refractivity contribution in [1.82, 2.24) is 4.98 Å². The molecule has 0 aliphatic rings. The zero-order valence-electron chi connectivity index (χ0n) is 9.71. The van der Waals surface area contributed by atoms with E-state index in [2.05, 4.69) is 29.0 Å². The van der Waals surface area contributed by atoms with Gasteiger partial charge in [-0.15, -0.1) is 6.58 Å². The van der Waals surface area contributed by atoms with E-state index < -0.39 is 0 Å². The highest BCUT2D eigenvalue weighted by atomic mass is 14.9. The third kappa shape index (κ3) is 3.18. The van der Waals surface area contributed by atoms with Gasteiger partial charge in [0.15, 0.2) is 0 Å². The Labute approximate surface area is 102 Å². The van der Waals surface area contributed by atoms with Crippen LogP contribution < -0.4 is 5.32 Å². The number of anilines is 1. The lowest BCUT2D eigenvalue weighted by Gasteiger charge is -2.17. The molecule has 1 unspecified atom stereocenters. The third-order valence-corrected chi connectivity index (χ3v) is 2.56. The smallest absolute Gasteiger partial charge is 0.0719 e. The van der Waals surface area contributed by atoms with Crippen LogP contribution in [0.2, 0.25) is 0 Å². The van der Waals surface area contributed by atoms with Gasteiger partial charge in [0.25, 0.3) is 0 Å². The summed E-state index contributed by atoms with van der Waals surface area (Å²) in [5, 5.41) is 3.46. The van der Waals surface area contributed by atoms with Crippen molar-refractivity contribution in [1.29, 1.82) is 0 Å². The molecule has 2 aromatic rings. The predicted octanol–water partition coefficient (Wildman–Crippen LogP) is 3.81. The Morgan fingerprint density at radius 1 is 1.12 bits per heavy atom. The SMILES string of the molecule is C=CCC(Nc1ccccc1)c1ccccn1. The van der Waals surface area contributed by atoms with Gasteiger partial charge < -0.3 is 5.32 Å². The number of benzene rings is 1. The Balaban J connectivity index is 2.16. The van der Waals surface area contributed by atoms with E-state index in [1.807, 2.05) is 48.7 Å². The lowest BCUT2D eigenvalue weighted by atomic mass is 10.1. The standard InChI is InChI=1S/C15H16N2/c1-2-8-15(14-11-6-7-12-16-14)17-13-9-4-3-5-10-13/h2-7,9-12,15,17H,1,8H2. The first-order chi connectivity index (χ1) is 8.40. The number of nitrogens with one attached hydrogen (secondary N) is 1. The van der Waals surface area contributed by atoms with Gasteiger partial charge >= 0.3 is 0 Å². The summed E-state index contributed by atoms with van der Waals surface area (Å²) < 4.78 is 0. The highest BCUT2D eigenvalue weighted by Gasteiger charge is 2.09. The van der Waals surface area contributed by atoms with E-state index in [4.69, 9.17) is 0 Å². The fourth-order valence-corrected chi connectivity index (χ4v) is 1.74.